The Balaban J connectivity index is 3.02. The van der Waals surface area contributed by atoms with E-state index in [4.69, 9.17) is 16.9 Å². The molecule has 0 heterocycles. The molecular formula is C5H7BrClN. The van der Waals surface area contributed by atoms with Crippen molar-refractivity contribution in [2.45, 2.75) is 18.2 Å². The number of nitrogens with zero attached hydrogens (tertiary/aromatic N) is 1. The van der Waals surface area contributed by atoms with Crippen molar-refractivity contribution in [3.8, 4) is 6.07 Å². The molecule has 0 fully saturated rings. The quantitative estimate of drug-likeness (QED) is 0.636. The zero-order valence-electron chi connectivity index (χ0n) is 4.40. The molecule has 0 saturated heterocycles. The molecular weight excluding hydrogens is 189 g/mol. The summed E-state index contributed by atoms with van der Waals surface area (Å²) >= 11 is 8.70. The van der Waals surface area contributed by atoms with Gasteiger partial charge in [0.05, 0.1) is 6.07 Å². The van der Waals surface area contributed by atoms with Crippen molar-refractivity contribution < 1.29 is 0 Å². The molecule has 0 spiro atoms. The smallest absolute Gasteiger partial charge is 0.120 e. The lowest BCUT2D eigenvalue weighted by Gasteiger charge is -1.93. The molecule has 0 aromatic carbocycles. The van der Waals surface area contributed by atoms with E-state index in [0.29, 0.717) is 0 Å². The lowest BCUT2D eigenvalue weighted by Crippen LogP contribution is -1.92. The van der Waals surface area contributed by atoms with Gasteiger partial charge < -0.3 is 0 Å². The van der Waals surface area contributed by atoms with E-state index < -0.39 is 0 Å². The van der Waals surface area contributed by atoms with Gasteiger partial charge in [0, 0.05) is 5.33 Å². The summed E-state index contributed by atoms with van der Waals surface area (Å²) in [4.78, 5) is 0. The zero-order chi connectivity index (χ0) is 6.41. The number of hydrogen-bond acceptors (Lipinski definition) is 1. The summed E-state index contributed by atoms with van der Waals surface area (Å²) in [5.74, 6) is 0. The van der Waals surface area contributed by atoms with Gasteiger partial charge in [0.2, 0.25) is 0 Å². The molecule has 8 heavy (non-hydrogen) atoms. The summed E-state index contributed by atoms with van der Waals surface area (Å²) in [6.45, 7) is 0. The molecule has 0 amide bonds. The third-order valence-corrected chi connectivity index (χ3v) is 1.61. The predicted molar refractivity (Wildman–Crippen MR) is 38.3 cm³/mol. The maximum atomic E-state index is 8.16. The second-order valence-corrected chi connectivity index (χ2v) is 2.75. The number of nitriles is 1. The van der Waals surface area contributed by atoms with Crippen molar-refractivity contribution in [2.24, 2.45) is 0 Å². The van der Waals surface area contributed by atoms with Crippen LogP contribution in [0, 0.1) is 11.3 Å². The topological polar surface area (TPSA) is 23.8 Å². The largest absolute Gasteiger partial charge is 0.197 e. The highest BCUT2D eigenvalue weighted by molar-refractivity contribution is 9.09. The van der Waals surface area contributed by atoms with Crippen LogP contribution in [0.5, 0.6) is 0 Å². The summed E-state index contributed by atoms with van der Waals surface area (Å²) in [5, 5.41) is 8.79. The minimum Gasteiger partial charge on any atom is -0.197 e. The van der Waals surface area contributed by atoms with Gasteiger partial charge >= 0.3 is 0 Å². The first-order chi connectivity index (χ1) is 3.81. The zero-order valence-corrected chi connectivity index (χ0v) is 6.74. The van der Waals surface area contributed by atoms with Crippen LogP contribution in [0.1, 0.15) is 12.8 Å². The predicted octanol–water partition coefficient (Wildman–Crippen LogP) is 2.29. The maximum absolute atomic E-state index is 8.16. The Morgan fingerprint density at radius 2 is 2.38 bits per heavy atom. The molecule has 1 nitrogen and oxygen atoms in total. The fourth-order valence-electron chi connectivity index (χ4n) is 0.321. The normalized spacial score (nSPS) is 12.6. The Bertz CT molecular complexity index is 88.9. The molecule has 0 aliphatic rings. The van der Waals surface area contributed by atoms with Crippen LogP contribution in [-0.2, 0) is 0 Å². The van der Waals surface area contributed by atoms with Crippen molar-refractivity contribution in [2.75, 3.05) is 5.33 Å². The minimum absolute atomic E-state index is 0.299. The first-order valence-electron chi connectivity index (χ1n) is 2.41. The van der Waals surface area contributed by atoms with Crippen LogP contribution >= 0.6 is 27.5 Å². The maximum Gasteiger partial charge on any atom is 0.120 e. The van der Waals surface area contributed by atoms with Gasteiger partial charge in [-0.25, -0.2) is 0 Å². The molecule has 1 unspecified atom stereocenters. The van der Waals surface area contributed by atoms with Gasteiger partial charge in [0.1, 0.15) is 5.38 Å². The van der Waals surface area contributed by atoms with Gasteiger partial charge in [-0.2, -0.15) is 5.26 Å². The lowest BCUT2D eigenvalue weighted by atomic mass is 10.3. The number of halogens is 2. The second-order valence-electron chi connectivity index (χ2n) is 1.43. The molecule has 1 atom stereocenters. The molecule has 0 bridgehead atoms. The Labute approximate surface area is 62.8 Å². The SMILES string of the molecule is N#CC(Cl)CCCBr. The molecule has 0 aliphatic carbocycles. The third kappa shape index (κ3) is 4.42. The summed E-state index contributed by atoms with van der Waals surface area (Å²) in [5.41, 5.74) is 0. The van der Waals surface area contributed by atoms with Crippen molar-refractivity contribution in [1.82, 2.24) is 0 Å². The van der Waals surface area contributed by atoms with Crippen molar-refractivity contribution in [1.29, 1.82) is 5.26 Å². The molecule has 0 rings (SSSR count). The van der Waals surface area contributed by atoms with E-state index in [9.17, 15) is 0 Å². The Kier molecular flexibility index (Phi) is 5.57. The molecule has 0 aromatic heterocycles. The Morgan fingerprint density at radius 1 is 1.75 bits per heavy atom. The van der Waals surface area contributed by atoms with E-state index in [2.05, 4.69) is 15.9 Å². The van der Waals surface area contributed by atoms with Crippen LogP contribution in [-0.4, -0.2) is 10.7 Å². The van der Waals surface area contributed by atoms with E-state index in [-0.39, 0.29) is 5.38 Å². The Morgan fingerprint density at radius 3 is 2.75 bits per heavy atom. The van der Waals surface area contributed by atoms with E-state index in [0.717, 1.165) is 18.2 Å². The molecule has 0 aromatic rings. The molecule has 0 radical (unpaired) electrons. The second kappa shape index (κ2) is 5.40. The van der Waals surface area contributed by atoms with Crippen molar-refractivity contribution in [3.05, 3.63) is 0 Å². The van der Waals surface area contributed by atoms with E-state index >= 15 is 0 Å². The summed E-state index contributed by atoms with van der Waals surface area (Å²) in [7, 11) is 0. The van der Waals surface area contributed by atoms with E-state index in [1.54, 1.807) is 0 Å². The summed E-state index contributed by atoms with van der Waals surface area (Å²) < 4.78 is 0. The highest BCUT2D eigenvalue weighted by Gasteiger charge is 1.98. The first-order valence-corrected chi connectivity index (χ1v) is 3.96. The van der Waals surface area contributed by atoms with Crippen molar-refractivity contribution >= 4 is 27.5 Å². The first kappa shape index (κ1) is 8.26. The van der Waals surface area contributed by atoms with Crippen LogP contribution in [0.15, 0.2) is 0 Å². The summed E-state index contributed by atoms with van der Waals surface area (Å²) in [6.07, 6.45) is 1.75. The molecule has 46 valence electrons. The average Bonchev–Trinajstić information content (AvgIpc) is 1.83. The minimum atomic E-state index is -0.299. The van der Waals surface area contributed by atoms with Gasteiger partial charge in [-0.05, 0) is 12.8 Å². The molecule has 3 heteroatoms. The van der Waals surface area contributed by atoms with E-state index in [1.807, 2.05) is 6.07 Å². The van der Waals surface area contributed by atoms with Crippen LogP contribution in [0.2, 0.25) is 0 Å². The summed E-state index contributed by atoms with van der Waals surface area (Å²) in [6, 6.07) is 1.94. The van der Waals surface area contributed by atoms with Gasteiger partial charge in [-0.1, -0.05) is 15.9 Å². The van der Waals surface area contributed by atoms with E-state index in [1.165, 1.54) is 0 Å². The van der Waals surface area contributed by atoms with Crippen LogP contribution < -0.4 is 0 Å². The van der Waals surface area contributed by atoms with Gasteiger partial charge in [0.15, 0.2) is 0 Å². The highest BCUT2D eigenvalue weighted by atomic mass is 79.9. The van der Waals surface area contributed by atoms with Crippen LogP contribution in [0.4, 0.5) is 0 Å². The van der Waals surface area contributed by atoms with Gasteiger partial charge in [0.25, 0.3) is 0 Å². The molecule has 0 saturated carbocycles. The molecule has 0 N–H and O–H groups in total. The lowest BCUT2D eigenvalue weighted by molar-refractivity contribution is 0.840. The number of rotatable bonds is 3. The van der Waals surface area contributed by atoms with Crippen LogP contribution in [0.3, 0.4) is 0 Å². The van der Waals surface area contributed by atoms with Gasteiger partial charge in [-0.15, -0.1) is 11.6 Å². The van der Waals surface area contributed by atoms with Crippen LogP contribution in [0.25, 0.3) is 0 Å². The standard InChI is InChI=1S/C5H7BrClN/c6-3-1-2-5(7)4-8/h5H,1-3H2. The fraction of sp³-hybridized carbons (Fsp3) is 0.800. The number of alkyl halides is 2. The monoisotopic (exact) mass is 195 g/mol. The third-order valence-electron chi connectivity index (χ3n) is 0.731. The molecule has 0 aliphatic heterocycles. The number of hydrogen-bond donors (Lipinski definition) is 0. The Hall–Kier alpha value is 0.260. The average molecular weight is 196 g/mol. The van der Waals surface area contributed by atoms with Gasteiger partial charge in [-0.3, -0.25) is 0 Å². The highest BCUT2D eigenvalue weighted by Crippen LogP contribution is 2.04. The van der Waals surface area contributed by atoms with Crippen molar-refractivity contribution in [3.63, 3.8) is 0 Å². The fourth-order valence-corrected chi connectivity index (χ4v) is 0.799.